The lowest BCUT2D eigenvalue weighted by molar-refractivity contribution is -0.114. The van der Waals surface area contributed by atoms with Crippen molar-refractivity contribution < 1.29 is 22.7 Å². The highest BCUT2D eigenvalue weighted by atomic mass is 35.5. The Hall–Kier alpha value is -3.75. The second kappa shape index (κ2) is 10.2. The summed E-state index contributed by atoms with van der Waals surface area (Å²) in [6.45, 7) is -0.453. The highest BCUT2D eigenvalue weighted by Gasteiger charge is 2.28. The molecule has 35 heavy (non-hydrogen) atoms. The van der Waals surface area contributed by atoms with E-state index in [9.17, 15) is 13.2 Å². The zero-order chi connectivity index (χ0) is 25.0. The molecule has 4 aromatic rings. The van der Waals surface area contributed by atoms with Crippen LogP contribution < -0.4 is 19.1 Å². The maximum Gasteiger partial charge on any atom is 0.264 e. The van der Waals surface area contributed by atoms with Crippen molar-refractivity contribution in [2.45, 2.75) is 4.90 Å². The topological polar surface area (TPSA) is 84.9 Å². The zero-order valence-electron chi connectivity index (χ0n) is 19.1. The Labute approximate surface area is 208 Å². The van der Waals surface area contributed by atoms with Crippen LogP contribution in [0, 0.1) is 0 Å². The molecule has 0 atom stereocenters. The number of amides is 1. The summed E-state index contributed by atoms with van der Waals surface area (Å²) in [5.74, 6) is 0.142. The Morgan fingerprint density at radius 1 is 0.857 bits per heavy atom. The van der Waals surface area contributed by atoms with Crippen molar-refractivity contribution in [3.63, 3.8) is 0 Å². The second-order valence-electron chi connectivity index (χ2n) is 7.61. The van der Waals surface area contributed by atoms with E-state index in [4.69, 9.17) is 21.1 Å². The summed E-state index contributed by atoms with van der Waals surface area (Å²) in [4.78, 5) is 13.0. The molecule has 180 valence electrons. The van der Waals surface area contributed by atoms with Gasteiger partial charge in [-0.05, 0) is 59.3 Å². The van der Waals surface area contributed by atoms with Crippen molar-refractivity contribution in [3.8, 4) is 11.5 Å². The highest BCUT2D eigenvalue weighted by Crippen LogP contribution is 2.32. The molecule has 7 nitrogen and oxygen atoms in total. The Bertz CT molecular complexity index is 1470. The molecule has 0 saturated carbocycles. The summed E-state index contributed by atoms with van der Waals surface area (Å²) in [6, 6.07) is 23.7. The van der Waals surface area contributed by atoms with Gasteiger partial charge >= 0.3 is 0 Å². The van der Waals surface area contributed by atoms with Crippen LogP contribution >= 0.6 is 11.6 Å². The molecule has 0 bridgehead atoms. The fourth-order valence-electron chi connectivity index (χ4n) is 3.62. The number of rotatable bonds is 8. The Balaban J connectivity index is 1.67. The average Bonchev–Trinajstić information content (AvgIpc) is 2.87. The van der Waals surface area contributed by atoms with E-state index in [1.165, 1.54) is 32.4 Å². The van der Waals surface area contributed by atoms with E-state index >= 15 is 0 Å². The van der Waals surface area contributed by atoms with Crippen molar-refractivity contribution in [2.75, 3.05) is 30.4 Å². The van der Waals surface area contributed by atoms with Gasteiger partial charge in [0.2, 0.25) is 5.91 Å². The van der Waals surface area contributed by atoms with Gasteiger partial charge in [-0.3, -0.25) is 9.10 Å². The van der Waals surface area contributed by atoms with Crippen LogP contribution in [-0.4, -0.2) is 35.1 Å². The molecule has 9 heteroatoms. The third-order valence-electron chi connectivity index (χ3n) is 5.38. The summed E-state index contributed by atoms with van der Waals surface area (Å²) < 4.78 is 38.8. The van der Waals surface area contributed by atoms with Crippen molar-refractivity contribution in [3.05, 3.63) is 90.0 Å². The molecule has 0 aliphatic carbocycles. The first-order valence-corrected chi connectivity index (χ1v) is 12.4. The average molecular weight is 511 g/mol. The molecule has 4 rings (SSSR count). The third-order valence-corrected chi connectivity index (χ3v) is 7.40. The molecular formula is C26H23ClN2O5S. The van der Waals surface area contributed by atoms with E-state index in [2.05, 4.69) is 5.32 Å². The molecule has 0 heterocycles. The van der Waals surface area contributed by atoms with Gasteiger partial charge in [0.05, 0.1) is 24.8 Å². The monoisotopic (exact) mass is 510 g/mol. The number of halogens is 1. The number of hydrogen-bond acceptors (Lipinski definition) is 5. The minimum atomic E-state index is -4.15. The number of carbonyl (C=O) groups excluding carboxylic acids is 1. The molecule has 0 fully saturated rings. The standard InChI is InChI=1S/C26H23ClN2O5S/c1-33-24-14-13-23(16-25(24)34-2)35(31,32)29(22-11-8-20(27)9-12-22)17-26(30)28-21-10-7-18-5-3-4-6-19(18)15-21/h3-16H,17H2,1-2H3,(H,28,30). The van der Waals surface area contributed by atoms with Crippen LogP contribution in [0.5, 0.6) is 11.5 Å². The van der Waals surface area contributed by atoms with Crippen LogP contribution in [0.25, 0.3) is 10.8 Å². The number of nitrogens with one attached hydrogen (secondary N) is 1. The predicted molar refractivity (Wildman–Crippen MR) is 138 cm³/mol. The number of hydrogen-bond donors (Lipinski definition) is 1. The molecule has 0 aliphatic heterocycles. The molecule has 0 spiro atoms. The summed E-state index contributed by atoms with van der Waals surface area (Å²) in [6.07, 6.45) is 0. The molecule has 4 aromatic carbocycles. The lowest BCUT2D eigenvalue weighted by atomic mass is 10.1. The van der Waals surface area contributed by atoms with Crippen molar-refractivity contribution >= 4 is 49.7 Å². The number of methoxy groups -OCH3 is 2. The van der Waals surface area contributed by atoms with Gasteiger partial charge in [0.25, 0.3) is 10.0 Å². The van der Waals surface area contributed by atoms with Crippen LogP contribution in [-0.2, 0) is 14.8 Å². The normalized spacial score (nSPS) is 11.2. The smallest absolute Gasteiger partial charge is 0.264 e. The molecule has 0 aromatic heterocycles. The van der Waals surface area contributed by atoms with Crippen molar-refractivity contribution in [1.82, 2.24) is 0 Å². The van der Waals surface area contributed by atoms with Gasteiger partial charge in [0.1, 0.15) is 6.54 Å². The number of benzene rings is 4. The molecule has 0 aliphatic rings. The van der Waals surface area contributed by atoms with Gasteiger partial charge in [-0.2, -0.15) is 0 Å². The number of ether oxygens (including phenoxy) is 2. The maximum absolute atomic E-state index is 13.7. The molecule has 1 N–H and O–H groups in total. The third kappa shape index (κ3) is 5.34. The summed E-state index contributed by atoms with van der Waals surface area (Å²) in [7, 11) is -1.27. The molecule has 1 amide bonds. The second-order valence-corrected chi connectivity index (χ2v) is 9.91. The zero-order valence-corrected chi connectivity index (χ0v) is 20.6. The molecule has 0 saturated heterocycles. The van der Waals surface area contributed by atoms with E-state index in [0.29, 0.717) is 16.5 Å². The Kier molecular flexibility index (Phi) is 7.14. The number of fused-ring (bicyclic) bond motifs is 1. The number of sulfonamides is 1. The van der Waals surface area contributed by atoms with E-state index in [-0.39, 0.29) is 16.3 Å². The van der Waals surface area contributed by atoms with E-state index in [1.807, 2.05) is 36.4 Å². The number of anilines is 2. The first kappa shape index (κ1) is 24.4. The van der Waals surface area contributed by atoms with Gasteiger partial charge in [-0.1, -0.05) is 41.9 Å². The van der Waals surface area contributed by atoms with Crippen LogP contribution in [0.1, 0.15) is 0 Å². The minimum absolute atomic E-state index is 0.0522. The lowest BCUT2D eigenvalue weighted by Gasteiger charge is -2.24. The Morgan fingerprint density at radius 2 is 1.54 bits per heavy atom. The molecule has 0 unspecified atom stereocenters. The first-order chi connectivity index (χ1) is 16.8. The van der Waals surface area contributed by atoms with E-state index in [0.717, 1.165) is 15.1 Å². The van der Waals surface area contributed by atoms with Crippen LogP contribution in [0.15, 0.2) is 89.8 Å². The lowest BCUT2D eigenvalue weighted by Crippen LogP contribution is -2.38. The van der Waals surface area contributed by atoms with Crippen molar-refractivity contribution in [2.24, 2.45) is 0 Å². The first-order valence-electron chi connectivity index (χ1n) is 10.6. The van der Waals surface area contributed by atoms with Gasteiger partial charge < -0.3 is 14.8 Å². The van der Waals surface area contributed by atoms with Gasteiger partial charge in [-0.15, -0.1) is 0 Å². The predicted octanol–water partition coefficient (Wildman–Crippen LogP) is 5.34. The number of carbonyl (C=O) groups is 1. The van der Waals surface area contributed by atoms with Gasteiger partial charge in [-0.25, -0.2) is 8.42 Å². The van der Waals surface area contributed by atoms with E-state index in [1.54, 1.807) is 30.3 Å². The van der Waals surface area contributed by atoms with E-state index < -0.39 is 22.5 Å². The van der Waals surface area contributed by atoms with Crippen molar-refractivity contribution in [1.29, 1.82) is 0 Å². The fraction of sp³-hybridized carbons (Fsp3) is 0.115. The summed E-state index contributed by atoms with van der Waals surface area (Å²) >= 11 is 6.00. The molecular weight excluding hydrogens is 488 g/mol. The number of nitrogens with zero attached hydrogens (tertiary/aromatic N) is 1. The van der Waals surface area contributed by atoms with Crippen LogP contribution in [0.4, 0.5) is 11.4 Å². The summed E-state index contributed by atoms with van der Waals surface area (Å²) in [5.41, 5.74) is 0.853. The largest absolute Gasteiger partial charge is 0.493 e. The fourth-order valence-corrected chi connectivity index (χ4v) is 5.19. The summed E-state index contributed by atoms with van der Waals surface area (Å²) in [5, 5.41) is 5.22. The van der Waals surface area contributed by atoms with Crippen LogP contribution in [0.2, 0.25) is 5.02 Å². The maximum atomic E-state index is 13.7. The Morgan fingerprint density at radius 3 is 2.23 bits per heavy atom. The highest BCUT2D eigenvalue weighted by molar-refractivity contribution is 7.92. The SMILES string of the molecule is COc1ccc(S(=O)(=O)N(CC(=O)Nc2ccc3ccccc3c2)c2ccc(Cl)cc2)cc1OC. The van der Waals surface area contributed by atoms with Crippen LogP contribution in [0.3, 0.4) is 0 Å². The van der Waals surface area contributed by atoms with Gasteiger partial charge in [0, 0.05) is 16.8 Å². The molecule has 0 radical (unpaired) electrons. The minimum Gasteiger partial charge on any atom is -0.493 e. The van der Waals surface area contributed by atoms with Gasteiger partial charge in [0.15, 0.2) is 11.5 Å². The quantitative estimate of drug-likeness (QED) is 0.345.